The highest BCUT2D eigenvalue weighted by atomic mass is 16.5. The standard InChI is InChI=1S/C16H21NO2/c1-18-16-5-4-14-10-13(2-3-15(14)11-16)12-17-6-8-19-9-7-17/h4-5,10-11H,2-3,6-9,12H2,1H3. The van der Waals surface area contributed by atoms with Gasteiger partial charge in [0.2, 0.25) is 0 Å². The number of ether oxygens (including phenoxy) is 2. The first-order valence-corrected chi connectivity index (χ1v) is 7.01. The Bertz CT molecular complexity index is 476. The summed E-state index contributed by atoms with van der Waals surface area (Å²) in [5.41, 5.74) is 4.31. The van der Waals surface area contributed by atoms with E-state index in [9.17, 15) is 0 Å². The van der Waals surface area contributed by atoms with E-state index in [1.54, 1.807) is 12.7 Å². The summed E-state index contributed by atoms with van der Waals surface area (Å²) in [6.07, 6.45) is 4.65. The summed E-state index contributed by atoms with van der Waals surface area (Å²) < 4.78 is 10.7. The number of hydrogen-bond acceptors (Lipinski definition) is 3. The number of benzene rings is 1. The fraction of sp³-hybridized carbons (Fsp3) is 0.500. The van der Waals surface area contributed by atoms with Crippen molar-refractivity contribution in [3.05, 3.63) is 34.9 Å². The Balaban J connectivity index is 1.72. The van der Waals surface area contributed by atoms with Gasteiger partial charge in [-0.1, -0.05) is 17.7 Å². The average molecular weight is 259 g/mol. The molecule has 0 N–H and O–H groups in total. The van der Waals surface area contributed by atoms with Gasteiger partial charge in [0.1, 0.15) is 5.75 Å². The predicted octanol–water partition coefficient (Wildman–Crippen LogP) is 2.36. The maximum Gasteiger partial charge on any atom is 0.119 e. The summed E-state index contributed by atoms with van der Waals surface area (Å²) in [4.78, 5) is 2.49. The Morgan fingerprint density at radius 1 is 1.21 bits per heavy atom. The zero-order chi connectivity index (χ0) is 13.1. The molecule has 0 bridgehead atoms. The van der Waals surface area contributed by atoms with Gasteiger partial charge in [-0.25, -0.2) is 0 Å². The van der Waals surface area contributed by atoms with Crippen molar-refractivity contribution in [3.63, 3.8) is 0 Å². The first kappa shape index (κ1) is 12.7. The molecule has 1 aromatic rings. The van der Waals surface area contributed by atoms with Gasteiger partial charge in [0, 0.05) is 19.6 Å². The SMILES string of the molecule is COc1ccc2c(c1)CCC(CN1CCOCC1)=C2. The van der Waals surface area contributed by atoms with Crippen LogP contribution in [0.1, 0.15) is 17.5 Å². The molecule has 1 fully saturated rings. The maximum atomic E-state index is 5.40. The van der Waals surface area contributed by atoms with Crippen LogP contribution >= 0.6 is 0 Å². The maximum absolute atomic E-state index is 5.40. The van der Waals surface area contributed by atoms with Gasteiger partial charge in [-0.2, -0.15) is 0 Å². The number of nitrogens with zero attached hydrogens (tertiary/aromatic N) is 1. The van der Waals surface area contributed by atoms with Crippen LogP contribution in [0.3, 0.4) is 0 Å². The third kappa shape index (κ3) is 2.99. The first-order chi connectivity index (χ1) is 9.35. The Labute approximate surface area is 114 Å². The fourth-order valence-electron chi connectivity index (χ4n) is 2.82. The smallest absolute Gasteiger partial charge is 0.119 e. The highest BCUT2D eigenvalue weighted by Crippen LogP contribution is 2.27. The van der Waals surface area contributed by atoms with Crippen molar-refractivity contribution in [3.8, 4) is 5.75 Å². The molecule has 0 saturated carbocycles. The second kappa shape index (κ2) is 5.76. The number of aryl methyl sites for hydroxylation is 1. The number of morpholine rings is 1. The zero-order valence-corrected chi connectivity index (χ0v) is 11.5. The van der Waals surface area contributed by atoms with Crippen LogP contribution in [0.4, 0.5) is 0 Å². The lowest BCUT2D eigenvalue weighted by molar-refractivity contribution is 0.0420. The minimum atomic E-state index is 0.876. The largest absolute Gasteiger partial charge is 0.497 e. The second-order valence-corrected chi connectivity index (χ2v) is 5.26. The average Bonchev–Trinajstić information content (AvgIpc) is 2.48. The van der Waals surface area contributed by atoms with Crippen LogP contribution in [-0.2, 0) is 11.2 Å². The molecule has 1 aliphatic heterocycles. The zero-order valence-electron chi connectivity index (χ0n) is 11.5. The van der Waals surface area contributed by atoms with E-state index in [1.165, 1.54) is 11.1 Å². The van der Waals surface area contributed by atoms with Gasteiger partial charge >= 0.3 is 0 Å². The van der Waals surface area contributed by atoms with Gasteiger partial charge < -0.3 is 9.47 Å². The summed E-state index contributed by atoms with van der Waals surface area (Å²) in [5.74, 6) is 0.962. The Kier molecular flexibility index (Phi) is 3.85. The van der Waals surface area contributed by atoms with Crippen molar-refractivity contribution in [2.24, 2.45) is 0 Å². The molecule has 0 atom stereocenters. The first-order valence-electron chi connectivity index (χ1n) is 7.01. The van der Waals surface area contributed by atoms with Crippen molar-refractivity contribution in [2.45, 2.75) is 12.8 Å². The summed E-state index contributed by atoms with van der Waals surface area (Å²) in [5, 5.41) is 0. The van der Waals surface area contributed by atoms with Gasteiger partial charge in [-0.15, -0.1) is 0 Å². The van der Waals surface area contributed by atoms with E-state index < -0.39 is 0 Å². The second-order valence-electron chi connectivity index (χ2n) is 5.26. The third-order valence-corrected chi connectivity index (χ3v) is 3.96. The summed E-state index contributed by atoms with van der Waals surface area (Å²) in [7, 11) is 1.73. The number of methoxy groups -OCH3 is 1. The molecule has 0 amide bonds. The summed E-state index contributed by atoms with van der Waals surface area (Å²) in [6.45, 7) is 4.97. The molecule has 0 aromatic heterocycles. The third-order valence-electron chi connectivity index (χ3n) is 3.96. The molecule has 3 heteroatoms. The van der Waals surface area contributed by atoms with Crippen LogP contribution in [0.5, 0.6) is 5.75 Å². The molecular weight excluding hydrogens is 238 g/mol. The molecule has 0 spiro atoms. The van der Waals surface area contributed by atoms with Crippen molar-refractivity contribution < 1.29 is 9.47 Å². The molecule has 1 heterocycles. The lowest BCUT2D eigenvalue weighted by atomic mass is 9.91. The minimum Gasteiger partial charge on any atom is -0.497 e. The van der Waals surface area contributed by atoms with Crippen molar-refractivity contribution >= 4 is 6.08 Å². The van der Waals surface area contributed by atoms with E-state index in [1.807, 2.05) is 6.07 Å². The van der Waals surface area contributed by atoms with Gasteiger partial charge in [0.25, 0.3) is 0 Å². The molecule has 1 aromatic carbocycles. The molecular formula is C16H21NO2. The Morgan fingerprint density at radius 3 is 2.84 bits per heavy atom. The van der Waals surface area contributed by atoms with Gasteiger partial charge in [-0.05, 0) is 36.1 Å². The Morgan fingerprint density at radius 2 is 2.05 bits per heavy atom. The van der Waals surface area contributed by atoms with Crippen molar-refractivity contribution in [1.82, 2.24) is 4.90 Å². The molecule has 0 radical (unpaired) electrons. The monoisotopic (exact) mass is 259 g/mol. The lowest BCUT2D eigenvalue weighted by Crippen LogP contribution is -2.37. The van der Waals surface area contributed by atoms with Crippen molar-refractivity contribution in [2.75, 3.05) is 40.0 Å². The van der Waals surface area contributed by atoms with Crippen LogP contribution in [0.25, 0.3) is 6.08 Å². The fourth-order valence-corrected chi connectivity index (χ4v) is 2.82. The highest BCUT2D eigenvalue weighted by molar-refractivity contribution is 5.61. The molecule has 3 rings (SSSR count). The van der Waals surface area contributed by atoms with Crippen LogP contribution in [0.15, 0.2) is 23.8 Å². The molecule has 102 valence electrons. The molecule has 1 saturated heterocycles. The van der Waals surface area contributed by atoms with E-state index in [4.69, 9.17) is 9.47 Å². The van der Waals surface area contributed by atoms with Gasteiger partial charge in [-0.3, -0.25) is 4.90 Å². The lowest BCUT2D eigenvalue weighted by Gasteiger charge is -2.28. The molecule has 19 heavy (non-hydrogen) atoms. The van der Waals surface area contributed by atoms with E-state index in [2.05, 4.69) is 23.1 Å². The predicted molar refractivity (Wildman–Crippen MR) is 76.6 cm³/mol. The van der Waals surface area contributed by atoms with Crippen LogP contribution < -0.4 is 4.74 Å². The summed E-state index contributed by atoms with van der Waals surface area (Å²) in [6, 6.07) is 6.39. The van der Waals surface area contributed by atoms with Crippen LogP contribution in [0.2, 0.25) is 0 Å². The van der Waals surface area contributed by atoms with Crippen LogP contribution in [0, 0.1) is 0 Å². The highest BCUT2D eigenvalue weighted by Gasteiger charge is 2.15. The van der Waals surface area contributed by atoms with E-state index >= 15 is 0 Å². The minimum absolute atomic E-state index is 0.876. The van der Waals surface area contributed by atoms with E-state index in [0.29, 0.717) is 0 Å². The number of rotatable bonds is 3. The number of hydrogen-bond donors (Lipinski definition) is 0. The molecule has 0 unspecified atom stereocenters. The quantitative estimate of drug-likeness (QED) is 0.831. The van der Waals surface area contributed by atoms with Gasteiger partial charge in [0.05, 0.1) is 20.3 Å². The normalized spacial score (nSPS) is 19.7. The molecule has 3 nitrogen and oxygen atoms in total. The van der Waals surface area contributed by atoms with E-state index in [0.717, 1.165) is 51.4 Å². The topological polar surface area (TPSA) is 21.7 Å². The van der Waals surface area contributed by atoms with Crippen LogP contribution in [-0.4, -0.2) is 44.9 Å². The molecule has 2 aliphatic rings. The van der Waals surface area contributed by atoms with Gasteiger partial charge in [0.15, 0.2) is 0 Å². The summed E-state index contributed by atoms with van der Waals surface area (Å²) >= 11 is 0. The number of fused-ring (bicyclic) bond motifs is 1. The molecule has 1 aliphatic carbocycles. The van der Waals surface area contributed by atoms with E-state index in [-0.39, 0.29) is 0 Å². The Hall–Kier alpha value is -1.32. The van der Waals surface area contributed by atoms with Crippen molar-refractivity contribution in [1.29, 1.82) is 0 Å².